The van der Waals surface area contributed by atoms with E-state index in [2.05, 4.69) is 10.4 Å². The highest BCUT2D eigenvalue weighted by molar-refractivity contribution is 7.18. The third kappa shape index (κ3) is 5.24. The molecule has 9 nitrogen and oxygen atoms in total. The molecule has 0 atom stereocenters. The molecule has 0 radical (unpaired) electrons. The molecule has 0 fully saturated rings. The Morgan fingerprint density at radius 2 is 1.92 bits per heavy atom. The first kappa shape index (κ1) is 26.0. The Bertz CT molecular complexity index is 1490. The van der Waals surface area contributed by atoms with Crippen LogP contribution >= 0.6 is 11.3 Å². The Hall–Kier alpha value is -4.05. The highest BCUT2D eigenvalue weighted by Gasteiger charge is 2.28. The van der Waals surface area contributed by atoms with Crippen molar-refractivity contribution in [1.82, 2.24) is 19.7 Å². The molecule has 0 aliphatic carbocycles. The Morgan fingerprint density at radius 1 is 1.16 bits per heavy atom. The molecule has 0 saturated carbocycles. The molecule has 4 rings (SSSR count). The topological polar surface area (TPSA) is 106 Å². The highest BCUT2D eigenvalue weighted by atomic mass is 32.1. The van der Waals surface area contributed by atoms with E-state index < -0.39 is 11.9 Å². The van der Waals surface area contributed by atoms with Crippen molar-refractivity contribution in [1.29, 1.82) is 0 Å². The van der Waals surface area contributed by atoms with Crippen LogP contribution in [0.1, 0.15) is 56.2 Å². The van der Waals surface area contributed by atoms with Crippen LogP contribution in [0.5, 0.6) is 0 Å². The minimum absolute atomic E-state index is 0.194. The molecule has 0 aliphatic heterocycles. The van der Waals surface area contributed by atoms with Gasteiger partial charge in [-0.15, -0.1) is 11.3 Å². The van der Waals surface area contributed by atoms with E-state index in [0.29, 0.717) is 45.6 Å². The Balaban J connectivity index is 1.79. The smallest absolute Gasteiger partial charge is 0.341 e. The Morgan fingerprint density at radius 3 is 2.59 bits per heavy atom. The molecule has 1 aromatic carbocycles. The van der Waals surface area contributed by atoms with Gasteiger partial charge in [0.25, 0.3) is 11.8 Å². The van der Waals surface area contributed by atoms with E-state index in [1.807, 2.05) is 44.3 Å². The minimum atomic E-state index is -0.573. The zero-order valence-electron chi connectivity index (χ0n) is 21.5. The van der Waals surface area contributed by atoms with Crippen LogP contribution < -0.4 is 5.32 Å². The summed E-state index contributed by atoms with van der Waals surface area (Å²) in [5.41, 5.74) is 3.12. The van der Waals surface area contributed by atoms with Crippen LogP contribution in [0.2, 0.25) is 0 Å². The number of anilines is 1. The third-order valence-corrected chi connectivity index (χ3v) is 7.02. The normalized spacial score (nSPS) is 10.9. The molecule has 3 aromatic heterocycles. The number of carbonyl (C=O) groups is 3. The van der Waals surface area contributed by atoms with E-state index >= 15 is 0 Å². The Labute approximate surface area is 219 Å². The molecule has 0 aliphatic rings. The molecule has 10 heteroatoms. The van der Waals surface area contributed by atoms with Gasteiger partial charge in [0.05, 0.1) is 40.0 Å². The largest absolute Gasteiger partial charge is 0.462 e. The lowest BCUT2D eigenvalue weighted by Gasteiger charge is -2.11. The number of para-hydroxylation sites is 1. The summed E-state index contributed by atoms with van der Waals surface area (Å²) in [5, 5.41) is 8.15. The van der Waals surface area contributed by atoms with Crippen LogP contribution in [0.4, 0.5) is 5.00 Å². The summed E-state index contributed by atoms with van der Waals surface area (Å²) in [6.07, 6.45) is 4.24. The van der Waals surface area contributed by atoms with Crippen molar-refractivity contribution in [2.75, 3.05) is 26.0 Å². The summed E-state index contributed by atoms with van der Waals surface area (Å²) in [5.74, 6) is -1.24. The fraction of sp³-hybridized carbons (Fsp3) is 0.296. The number of esters is 1. The standard InChI is InChI=1S/C27H29N5O4S/c1-6-12-36-27(35)22-16(3)23(26(34)31(4)5)37-25(22)30-24(33)19-13-21(17-14-28-32(7-2)15-17)29-20-11-9-8-10-18(19)20/h8-11,13-15H,6-7,12H2,1-5H3,(H,30,33). The molecule has 0 bridgehead atoms. The summed E-state index contributed by atoms with van der Waals surface area (Å²) in [6.45, 7) is 6.53. The zero-order valence-corrected chi connectivity index (χ0v) is 22.3. The lowest BCUT2D eigenvalue weighted by Crippen LogP contribution is -2.21. The van der Waals surface area contributed by atoms with Crippen molar-refractivity contribution in [2.24, 2.45) is 0 Å². The third-order valence-electron chi connectivity index (χ3n) is 5.83. The van der Waals surface area contributed by atoms with Crippen molar-refractivity contribution in [2.45, 2.75) is 33.7 Å². The summed E-state index contributed by atoms with van der Waals surface area (Å²) >= 11 is 1.07. The van der Waals surface area contributed by atoms with Crippen LogP contribution in [0, 0.1) is 6.92 Å². The molecule has 0 unspecified atom stereocenters. The first-order valence-electron chi connectivity index (χ1n) is 12.0. The average molecular weight is 520 g/mol. The van der Waals surface area contributed by atoms with Crippen LogP contribution in [0.15, 0.2) is 42.7 Å². The van der Waals surface area contributed by atoms with Crippen molar-refractivity contribution >= 4 is 45.0 Å². The van der Waals surface area contributed by atoms with Crippen molar-refractivity contribution < 1.29 is 19.1 Å². The van der Waals surface area contributed by atoms with Gasteiger partial charge in [-0.05, 0) is 38.0 Å². The quantitative estimate of drug-likeness (QED) is 0.328. The van der Waals surface area contributed by atoms with Crippen molar-refractivity contribution in [3.05, 3.63) is 64.3 Å². The average Bonchev–Trinajstić information content (AvgIpc) is 3.50. The van der Waals surface area contributed by atoms with Gasteiger partial charge in [0, 0.05) is 37.8 Å². The van der Waals surface area contributed by atoms with Crippen LogP contribution in [0.25, 0.3) is 22.2 Å². The molecule has 0 saturated heterocycles. The van der Waals surface area contributed by atoms with E-state index in [1.54, 1.807) is 38.0 Å². The number of pyridine rings is 1. The van der Waals surface area contributed by atoms with E-state index in [1.165, 1.54) is 4.90 Å². The molecular formula is C27H29N5O4S. The number of hydrogen-bond acceptors (Lipinski definition) is 7. The van der Waals surface area contributed by atoms with Crippen LogP contribution in [0.3, 0.4) is 0 Å². The molecule has 192 valence electrons. The van der Waals surface area contributed by atoms with E-state index in [-0.39, 0.29) is 23.1 Å². The first-order valence-corrected chi connectivity index (χ1v) is 12.8. The second-order valence-corrected chi connectivity index (χ2v) is 9.73. The number of thiophene rings is 1. The van der Waals surface area contributed by atoms with Gasteiger partial charge in [-0.3, -0.25) is 14.3 Å². The maximum atomic E-state index is 13.7. The SMILES string of the molecule is CCCOC(=O)c1c(NC(=O)c2cc(-c3cnn(CC)c3)nc3ccccc23)sc(C(=O)N(C)C)c1C. The fourth-order valence-corrected chi connectivity index (χ4v) is 5.08. The number of benzene rings is 1. The number of rotatable bonds is 8. The predicted octanol–water partition coefficient (Wildman–Crippen LogP) is 5.01. The Kier molecular flexibility index (Phi) is 7.68. The number of aryl methyl sites for hydroxylation is 1. The minimum Gasteiger partial charge on any atom is -0.462 e. The van der Waals surface area contributed by atoms with Gasteiger partial charge in [-0.25, -0.2) is 9.78 Å². The number of carbonyl (C=O) groups excluding carboxylic acids is 3. The number of ether oxygens (including phenoxy) is 1. The van der Waals surface area contributed by atoms with Crippen LogP contribution in [-0.2, 0) is 11.3 Å². The van der Waals surface area contributed by atoms with Gasteiger partial charge >= 0.3 is 5.97 Å². The molecular weight excluding hydrogens is 490 g/mol. The lowest BCUT2D eigenvalue weighted by atomic mass is 10.0. The van der Waals surface area contributed by atoms with Gasteiger partial charge < -0.3 is 15.0 Å². The fourth-order valence-electron chi connectivity index (χ4n) is 3.87. The van der Waals surface area contributed by atoms with Gasteiger partial charge in [0.1, 0.15) is 5.00 Å². The second-order valence-electron chi connectivity index (χ2n) is 8.71. The van der Waals surface area contributed by atoms with Crippen molar-refractivity contribution in [3.63, 3.8) is 0 Å². The summed E-state index contributed by atoms with van der Waals surface area (Å²) in [4.78, 5) is 45.9. The maximum Gasteiger partial charge on any atom is 0.341 e. The second kappa shape index (κ2) is 10.9. The maximum absolute atomic E-state index is 13.7. The summed E-state index contributed by atoms with van der Waals surface area (Å²) < 4.78 is 7.16. The summed E-state index contributed by atoms with van der Waals surface area (Å²) in [7, 11) is 3.28. The molecule has 37 heavy (non-hydrogen) atoms. The number of hydrogen-bond donors (Lipinski definition) is 1. The van der Waals surface area contributed by atoms with Gasteiger partial charge in [0.15, 0.2) is 0 Å². The lowest BCUT2D eigenvalue weighted by molar-refractivity contribution is 0.0506. The number of nitrogens with one attached hydrogen (secondary N) is 1. The predicted molar refractivity (Wildman–Crippen MR) is 144 cm³/mol. The summed E-state index contributed by atoms with van der Waals surface area (Å²) in [6, 6.07) is 9.09. The molecule has 2 amide bonds. The van der Waals surface area contributed by atoms with E-state index in [0.717, 1.165) is 16.9 Å². The monoisotopic (exact) mass is 519 g/mol. The molecule has 3 heterocycles. The molecule has 1 N–H and O–H groups in total. The van der Waals surface area contributed by atoms with Gasteiger partial charge in [-0.1, -0.05) is 25.1 Å². The highest BCUT2D eigenvalue weighted by Crippen LogP contribution is 2.35. The van der Waals surface area contributed by atoms with Gasteiger partial charge in [-0.2, -0.15) is 5.10 Å². The van der Waals surface area contributed by atoms with Crippen molar-refractivity contribution in [3.8, 4) is 11.3 Å². The van der Waals surface area contributed by atoms with Crippen LogP contribution in [-0.4, -0.2) is 58.2 Å². The molecule has 4 aromatic rings. The first-order chi connectivity index (χ1) is 17.7. The molecule has 0 spiro atoms. The number of fused-ring (bicyclic) bond motifs is 1. The number of aromatic nitrogens is 3. The van der Waals surface area contributed by atoms with Gasteiger partial charge in [0.2, 0.25) is 0 Å². The number of nitrogens with zero attached hydrogens (tertiary/aromatic N) is 4. The number of amides is 2. The van der Waals surface area contributed by atoms with E-state index in [4.69, 9.17) is 9.72 Å². The van der Waals surface area contributed by atoms with E-state index in [9.17, 15) is 14.4 Å². The zero-order chi connectivity index (χ0) is 26.7.